The molecule has 0 saturated heterocycles. The molecule has 0 aromatic carbocycles. The summed E-state index contributed by atoms with van der Waals surface area (Å²) in [5.41, 5.74) is 1.46. The van der Waals surface area contributed by atoms with E-state index < -0.39 is 6.29 Å². The van der Waals surface area contributed by atoms with Gasteiger partial charge in [-0.3, -0.25) is 0 Å². The van der Waals surface area contributed by atoms with Crippen molar-refractivity contribution in [3.05, 3.63) is 36.1 Å². The Labute approximate surface area is 77.3 Å². The van der Waals surface area contributed by atoms with Crippen molar-refractivity contribution in [1.82, 2.24) is 0 Å². The number of allylic oxidation sites excluding steroid dienone is 2. The molecule has 0 aliphatic carbocycles. The van der Waals surface area contributed by atoms with Crippen molar-refractivity contribution in [3.8, 4) is 0 Å². The number of cyclic esters (lactones) is 1. The van der Waals surface area contributed by atoms with Crippen LogP contribution in [-0.2, 0) is 14.3 Å². The lowest BCUT2D eigenvalue weighted by Gasteiger charge is -2.07. The van der Waals surface area contributed by atoms with Crippen LogP contribution < -0.4 is 0 Å². The molecule has 1 heterocycles. The topological polar surface area (TPSA) is 35.5 Å². The Morgan fingerprint density at radius 2 is 2.46 bits per heavy atom. The molecule has 1 rings (SSSR count). The van der Waals surface area contributed by atoms with Crippen LogP contribution in [0.25, 0.3) is 0 Å². The van der Waals surface area contributed by atoms with Gasteiger partial charge in [0.15, 0.2) is 0 Å². The van der Waals surface area contributed by atoms with E-state index in [2.05, 4.69) is 6.58 Å². The lowest BCUT2D eigenvalue weighted by atomic mass is 10.3. The molecular weight excluding hydrogens is 168 g/mol. The first-order chi connectivity index (χ1) is 6.13. The summed E-state index contributed by atoms with van der Waals surface area (Å²) in [5, 5.41) is 0. The van der Waals surface area contributed by atoms with Crippen LogP contribution in [0.4, 0.5) is 0 Å². The van der Waals surface area contributed by atoms with Gasteiger partial charge in [-0.2, -0.15) is 0 Å². The molecule has 0 amide bonds. The Hall–Kier alpha value is -1.51. The first-order valence-electron chi connectivity index (χ1n) is 3.97. The van der Waals surface area contributed by atoms with Crippen molar-refractivity contribution >= 4 is 5.97 Å². The molecule has 0 N–H and O–H groups in total. The standard InChI is InChI=1S/C10H12O3/c1-4-7(2)6-12-9-5-8(3)10(11)13-9/h4-6,9H,1H2,2-3H3/b7-6-. The maximum absolute atomic E-state index is 10.9. The van der Waals surface area contributed by atoms with Gasteiger partial charge in [0.25, 0.3) is 6.29 Å². The van der Waals surface area contributed by atoms with Gasteiger partial charge in [0.1, 0.15) is 0 Å². The summed E-state index contributed by atoms with van der Waals surface area (Å²) in [6.07, 6.45) is 4.23. The third-order valence-electron chi connectivity index (χ3n) is 1.64. The summed E-state index contributed by atoms with van der Waals surface area (Å²) in [4.78, 5) is 10.9. The van der Waals surface area contributed by atoms with E-state index in [1.165, 1.54) is 6.26 Å². The summed E-state index contributed by atoms with van der Waals surface area (Å²) >= 11 is 0. The van der Waals surface area contributed by atoms with Crippen molar-refractivity contribution < 1.29 is 14.3 Å². The van der Waals surface area contributed by atoms with Gasteiger partial charge in [-0.05, 0) is 19.4 Å². The van der Waals surface area contributed by atoms with E-state index in [0.29, 0.717) is 5.57 Å². The van der Waals surface area contributed by atoms with Gasteiger partial charge in [-0.15, -0.1) is 0 Å². The van der Waals surface area contributed by atoms with Crippen molar-refractivity contribution in [2.75, 3.05) is 0 Å². The minimum atomic E-state index is -0.581. The number of rotatable bonds is 3. The molecular formula is C10H12O3. The average Bonchev–Trinajstić information content (AvgIpc) is 2.42. The minimum absolute atomic E-state index is 0.324. The average molecular weight is 180 g/mol. The van der Waals surface area contributed by atoms with Crippen molar-refractivity contribution in [2.45, 2.75) is 20.1 Å². The van der Waals surface area contributed by atoms with E-state index in [4.69, 9.17) is 9.47 Å². The molecule has 3 heteroatoms. The van der Waals surface area contributed by atoms with E-state index in [-0.39, 0.29) is 5.97 Å². The third-order valence-corrected chi connectivity index (χ3v) is 1.64. The van der Waals surface area contributed by atoms with Gasteiger partial charge in [-0.1, -0.05) is 12.7 Å². The summed E-state index contributed by atoms with van der Waals surface area (Å²) < 4.78 is 9.98. The zero-order chi connectivity index (χ0) is 9.84. The Morgan fingerprint density at radius 1 is 1.77 bits per heavy atom. The molecule has 0 saturated carbocycles. The zero-order valence-electron chi connectivity index (χ0n) is 7.74. The van der Waals surface area contributed by atoms with Crippen molar-refractivity contribution in [3.63, 3.8) is 0 Å². The summed E-state index contributed by atoms with van der Waals surface area (Å²) in [6.45, 7) is 7.10. The van der Waals surface area contributed by atoms with Crippen LogP contribution in [-0.4, -0.2) is 12.3 Å². The molecule has 0 fully saturated rings. The maximum Gasteiger partial charge on any atom is 0.336 e. The molecule has 0 spiro atoms. The van der Waals surface area contributed by atoms with Gasteiger partial charge in [0, 0.05) is 11.6 Å². The maximum atomic E-state index is 10.9. The number of hydrogen-bond donors (Lipinski definition) is 0. The van der Waals surface area contributed by atoms with Crippen LogP contribution in [0.2, 0.25) is 0 Å². The number of carbonyl (C=O) groups excluding carboxylic acids is 1. The fourth-order valence-electron chi connectivity index (χ4n) is 0.794. The summed E-state index contributed by atoms with van der Waals surface area (Å²) in [7, 11) is 0. The van der Waals surface area contributed by atoms with E-state index in [1.54, 1.807) is 19.1 Å². The highest BCUT2D eigenvalue weighted by molar-refractivity contribution is 5.89. The Morgan fingerprint density at radius 3 is 2.92 bits per heavy atom. The predicted octanol–water partition coefficient (Wildman–Crippen LogP) is 1.92. The number of esters is 1. The van der Waals surface area contributed by atoms with Crippen LogP contribution in [0.5, 0.6) is 0 Å². The number of ether oxygens (including phenoxy) is 2. The highest BCUT2D eigenvalue weighted by atomic mass is 16.7. The van der Waals surface area contributed by atoms with E-state index in [1.807, 2.05) is 6.92 Å². The highest BCUT2D eigenvalue weighted by Crippen LogP contribution is 2.14. The van der Waals surface area contributed by atoms with Crippen LogP contribution in [0.15, 0.2) is 36.1 Å². The molecule has 1 aliphatic heterocycles. The normalized spacial score (nSPS) is 22.3. The fraction of sp³-hybridized carbons (Fsp3) is 0.300. The van der Waals surface area contributed by atoms with E-state index >= 15 is 0 Å². The Bertz CT molecular complexity index is 287. The van der Waals surface area contributed by atoms with E-state index in [0.717, 1.165) is 5.57 Å². The van der Waals surface area contributed by atoms with Crippen LogP contribution in [0, 0.1) is 0 Å². The predicted molar refractivity (Wildman–Crippen MR) is 48.7 cm³/mol. The first kappa shape index (κ1) is 9.58. The monoisotopic (exact) mass is 180 g/mol. The molecule has 0 aromatic rings. The zero-order valence-corrected chi connectivity index (χ0v) is 7.74. The second-order valence-corrected chi connectivity index (χ2v) is 2.83. The summed E-state index contributed by atoms with van der Waals surface area (Å²) in [6, 6.07) is 0. The van der Waals surface area contributed by atoms with Gasteiger partial charge in [0.2, 0.25) is 0 Å². The van der Waals surface area contributed by atoms with Gasteiger partial charge in [0.05, 0.1) is 6.26 Å². The second kappa shape index (κ2) is 3.94. The molecule has 1 atom stereocenters. The lowest BCUT2D eigenvalue weighted by Crippen LogP contribution is -2.09. The van der Waals surface area contributed by atoms with Crippen molar-refractivity contribution in [1.29, 1.82) is 0 Å². The highest BCUT2D eigenvalue weighted by Gasteiger charge is 2.22. The minimum Gasteiger partial charge on any atom is -0.458 e. The largest absolute Gasteiger partial charge is 0.458 e. The molecule has 0 aromatic heterocycles. The number of carbonyl (C=O) groups is 1. The Kier molecular flexibility index (Phi) is 2.90. The van der Waals surface area contributed by atoms with Gasteiger partial charge < -0.3 is 9.47 Å². The SMILES string of the molecule is C=C/C(C)=C\OC1C=C(C)C(=O)O1. The quantitative estimate of drug-likeness (QED) is 0.378. The van der Waals surface area contributed by atoms with Gasteiger partial charge >= 0.3 is 5.97 Å². The van der Waals surface area contributed by atoms with E-state index in [9.17, 15) is 4.79 Å². The molecule has 13 heavy (non-hydrogen) atoms. The molecule has 70 valence electrons. The number of hydrogen-bond acceptors (Lipinski definition) is 3. The fourth-order valence-corrected chi connectivity index (χ4v) is 0.794. The Balaban J connectivity index is 2.50. The molecule has 3 nitrogen and oxygen atoms in total. The lowest BCUT2D eigenvalue weighted by molar-refractivity contribution is -0.152. The molecule has 1 unspecified atom stereocenters. The van der Waals surface area contributed by atoms with Crippen LogP contribution >= 0.6 is 0 Å². The second-order valence-electron chi connectivity index (χ2n) is 2.83. The van der Waals surface area contributed by atoms with Crippen molar-refractivity contribution in [2.24, 2.45) is 0 Å². The smallest absolute Gasteiger partial charge is 0.336 e. The molecule has 1 aliphatic rings. The molecule has 0 radical (unpaired) electrons. The third kappa shape index (κ3) is 2.47. The van der Waals surface area contributed by atoms with Crippen LogP contribution in [0.1, 0.15) is 13.8 Å². The molecule has 0 bridgehead atoms. The van der Waals surface area contributed by atoms with Gasteiger partial charge in [-0.25, -0.2) is 4.79 Å². The first-order valence-corrected chi connectivity index (χ1v) is 3.97. The van der Waals surface area contributed by atoms with Crippen LogP contribution in [0.3, 0.4) is 0 Å². The summed E-state index contributed by atoms with van der Waals surface area (Å²) in [5.74, 6) is -0.324.